The van der Waals surface area contributed by atoms with Crippen LogP contribution in [0.5, 0.6) is 0 Å². The fourth-order valence-corrected chi connectivity index (χ4v) is 0.0745. The molecule has 0 spiro atoms. The molecule has 0 fully saturated rings. The second kappa shape index (κ2) is 6.19. The molecule has 0 unspecified atom stereocenters. The van der Waals surface area contributed by atoms with E-state index in [1.54, 1.807) is 0 Å². The molecule has 0 aliphatic carbocycles. The van der Waals surface area contributed by atoms with Gasteiger partial charge in [0.05, 0.1) is 6.61 Å². The molecule has 8 heavy (non-hydrogen) atoms. The molecular formula is C4H7KO3. The van der Waals surface area contributed by atoms with Crippen molar-refractivity contribution >= 4 is 5.97 Å². The zero-order valence-corrected chi connectivity index (χ0v) is 8.17. The maximum atomic E-state index is 9.66. The van der Waals surface area contributed by atoms with Crippen LogP contribution in [0.4, 0.5) is 0 Å². The average Bonchev–Trinajstić information content (AvgIpc) is 1.65. The van der Waals surface area contributed by atoms with Gasteiger partial charge >= 0.3 is 51.4 Å². The molecule has 0 aliphatic rings. The Morgan fingerprint density at radius 1 is 1.88 bits per heavy atom. The van der Waals surface area contributed by atoms with Gasteiger partial charge in [-0.25, -0.2) is 0 Å². The van der Waals surface area contributed by atoms with Crippen LogP contribution in [-0.2, 0) is 4.79 Å². The fraction of sp³-hybridized carbons (Fsp3) is 0.750. The van der Waals surface area contributed by atoms with E-state index in [0.29, 0.717) is 0 Å². The van der Waals surface area contributed by atoms with Crippen LogP contribution in [-0.4, -0.2) is 17.7 Å². The third kappa shape index (κ3) is 5.21. The summed E-state index contributed by atoms with van der Waals surface area (Å²) in [5, 5.41) is 17.7. The van der Waals surface area contributed by atoms with Crippen molar-refractivity contribution < 1.29 is 66.4 Å². The molecule has 0 aromatic heterocycles. The summed E-state index contributed by atoms with van der Waals surface area (Å²) in [5.41, 5.74) is 0. The van der Waals surface area contributed by atoms with E-state index in [1.807, 2.05) is 0 Å². The van der Waals surface area contributed by atoms with Crippen LogP contribution in [0.2, 0.25) is 0 Å². The fourth-order valence-electron chi connectivity index (χ4n) is 0.0745. The second-order valence-electron chi connectivity index (χ2n) is 1.40. The molecule has 1 atom stereocenters. The van der Waals surface area contributed by atoms with Gasteiger partial charge in [0.1, 0.15) is 0 Å². The van der Waals surface area contributed by atoms with Crippen LogP contribution in [0, 0.1) is 5.92 Å². The Kier molecular flexibility index (Phi) is 9.14. The minimum Gasteiger partial charge on any atom is -0.550 e. The summed E-state index contributed by atoms with van der Waals surface area (Å²) in [5.74, 6) is -1.94. The van der Waals surface area contributed by atoms with Crippen molar-refractivity contribution in [3.63, 3.8) is 0 Å². The monoisotopic (exact) mass is 142 g/mol. The summed E-state index contributed by atoms with van der Waals surface area (Å²) in [7, 11) is 0. The van der Waals surface area contributed by atoms with Gasteiger partial charge in [-0.15, -0.1) is 0 Å². The SMILES string of the molecule is C[C@H](CO)C(=O)[O-].[K+]. The molecule has 0 heterocycles. The van der Waals surface area contributed by atoms with Gasteiger partial charge in [0, 0.05) is 11.9 Å². The van der Waals surface area contributed by atoms with Crippen LogP contribution in [0.15, 0.2) is 0 Å². The van der Waals surface area contributed by atoms with Crippen LogP contribution < -0.4 is 56.5 Å². The Morgan fingerprint density at radius 3 is 2.25 bits per heavy atom. The van der Waals surface area contributed by atoms with Crippen LogP contribution in [0.3, 0.4) is 0 Å². The number of carbonyl (C=O) groups is 1. The van der Waals surface area contributed by atoms with E-state index in [0.717, 1.165) is 0 Å². The molecule has 0 aromatic carbocycles. The average molecular weight is 142 g/mol. The first kappa shape index (κ1) is 11.8. The molecular weight excluding hydrogens is 135 g/mol. The molecule has 42 valence electrons. The maximum Gasteiger partial charge on any atom is 1.00 e. The van der Waals surface area contributed by atoms with Crippen LogP contribution in [0.25, 0.3) is 0 Å². The Balaban J connectivity index is 0. The van der Waals surface area contributed by atoms with Gasteiger partial charge < -0.3 is 15.0 Å². The standard InChI is InChI=1S/C4H8O3.K/c1-3(2-5)4(6)7;/h3,5H,2H2,1H3,(H,6,7);/q;+1/p-1/t3-;/m1./s1. The van der Waals surface area contributed by atoms with Crippen molar-refractivity contribution in [2.75, 3.05) is 6.61 Å². The van der Waals surface area contributed by atoms with Gasteiger partial charge in [-0.3, -0.25) is 0 Å². The Hall–Kier alpha value is 1.07. The molecule has 0 radical (unpaired) electrons. The number of hydrogen-bond acceptors (Lipinski definition) is 3. The quantitative estimate of drug-likeness (QED) is 0.394. The molecule has 0 bridgehead atoms. The largest absolute Gasteiger partial charge is 1.00 e. The number of hydrogen-bond donors (Lipinski definition) is 1. The van der Waals surface area contributed by atoms with Crippen molar-refractivity contribution in [2.45, 2.75) is 6.92 Å². The number of carboxylic acid groups (broad SMARTS) is 1. The van der Waals surface area contributed by atoms with Crippen LogP contribution >= 0.6 is 0 Å². The van der Waals surface area contributed by atoms with Gasteiger partial charge in [-0.1, -0.05) is 6.92 Å². The minimum absolute atomic E-state index is 0. The second-order valence-corrected chi connectivity index (χ2v) is 1.40. The van der Waals surface area contributed by atoms with E-state index in [9.17, 15) is 9.90 Å². The van der Waals surface area contributed by atoms with E-state index in [2.05, 4.69) is 0 Å². The van der Waals surface area contributed by atoms with Gasteiger partial charge in [0.25, 0.3) is 0 Å². The summed E-state index contributed by atoms with van der Waals surface area (Å²) in [6.07, 6.45) is 0. The number of carbonyl (C=O) groups excluding carboxylic acids is 1. The first-order valence-electron chi connectivity index (χ1n) is 2.00. The van der Waals surface area contributed by atoms with E-state index < -0.39 is 11.9 Å². The third-order valence-corrected chi connectivity index (χ3v) is 0.676. The topological polar surface area (TPSA) is 60.4 Å². The van der Waals surface area contributed by atoms with Gasteiger partial charge in [0.15, 0.2) is 0 Å². The summed E-state index contributed by atoms with van der Waals surface area (Å²) < 4.78 is 0. The molecule has 4 heteroatoms. The van der Waals surface area contributed by atoms with Gasteiger partial charge in [-0.2, -0.15) is 0 Å². The Bertz CT molecular complexity index is 73.7. The van der Waals surface area contributed by atoms with E-state index >= 15 is 0 Å². The van der Waals surface area contributed by atoms with Crippen molar-refractivity contribution in [1.82, 2.24) is 0 Å². The van der Waals surface area contributed by atoms with Crippen LogP contribution in [0.1, 0.15) is 6.92 Å². The Morgan fingerprint density at radius 2 is 2.25 bits per heavy atom. The van der Waals surface area contributed by atoms with Crippen molar-refractivity contribution in [2.24, 2.45) is 5.92 Å². The molecule has 0 rings (SSSR count). The van der Waals surface area contributed by atoms with Crippen molar-refractivity contribution in [3.05, 3.63) is 0 Å². The summed E-state index contributed by atoms with van der Waals surface area (Å²) in [4.78, 5) is 9.66. The number of aliphatic hydroxyl groups excluding tert-OH is 1. The zero-order valence-electron chi connectivity index (χ0n) is 5.05. The molecule has 0 saturated carbocycles. The Labute approximate surface area is 90.5 Å². The van der Waals surface area contributed by atoms with E-state index in [4.69, 9.17) is 5.11 Å². The normalized spacial score (nSPS) is 11.8. The maximum absolute atomic E-state index is 9.66. The van der Waals surface area contributed by atoms with E-state index in [-0.39, 0.29) is 58.0 Å². The number of carboxylic acids is 1. The predicted octanol–water partition coefficient (Wildman–Crippen LogP) is -4.63. The van der Waals surface area contributed by atoms with E-state index in [1.165, 1.54) is 6.92 Å². The van der Waals surface area contributed by atoms with Gasteiger partial charge in [0.2, 0.25) is 0 Å². The summed E-state index contributed by atoms with van der Waals surface area (Å²) in [6, 6.07) is 0. The summed E-state index contributed by atoms with van der Waals surface area (Å²) >= 11 is 0. The van der Waals surface area contributed by atoms with Gasteiger partial charge in [-0.05, 0) is 0 Å². The smallest absolute Gasteiger partial charge is 0.550 e. The molecule has 0 aliphatic heterocycles. The number of rotatable bonds is 2. The molecule has 0 saturated heterocycles. The molecule has 3 nitrogen and oxygen atoms in total. The molecule has 0 amide bonds. The number of aliphatic carboxylic acids is 1. The van der Waals surface area contributed by atoms with Crippen molar-refractivity contribution in [1.29, 1.82) is 0 Å². The summed E-state index contributed by atoms with van der Waals surface area (Å²) in [6.45, 7) is 1.04. The molecule has 0 aromatic rings. The first-order valence-corrected chi connectivity index (χ1v) is 2.00. The molecule has 1 N–H and O–H groups in total. The third-order valence-electron chi connectivity index (χ3n) is 0.676. The minimum atomic E-state index is -1.21. The predicted molar refractivity (Wildman–Crippen MR) is 21.3 cm³/mol. The number of aliphatic hydroxyl groups is 1. The first-order chi connectivity index (χ1) is 3.18. The van der Waals surface area contributed by atoms with Crippen molar-refractivity contribution in [3.8, 4) is 0 Å². The zero-order chi connectivity index (χ0) is 5.86.